The third-order valence-corrected chi connectivity index (χ3v) is 1.69. The molecule has 0 aliphatic carbocycles. The number of unbranched alkanes of at least 4 members (excludes halogenated alkanes) is 1. The van der Waals surface area contributed by atoms with Crippen LogP contribution in [0.1, 0.15) is 19.8 Å². The van der Waals surface area contributed by atoms with Crippen LogP contribution in [0.2, 0.25) is 0 Å². The zero-order valence-electron chi connectivity index (χ0n) is 8.23. The molecule has 0 radical (unpaired) electrons. The molecule has 0 aliphatic rings. The van der Waals surface area contributed by atoms with Crippen LogP contribution < -0.4 is 11.1 Å². The van der Waals surface area contributed by atoms with Crippen molar-refractivity contribution in [3.05, 3.63) is 6.20 Å². The molecule has 1 aromatic heterocycles. The van der Waals surface area contributed by atoms with Gasteiger partial charge in [0.25, 0.3) is 0 Å². The quantitative estimate of drug-likeness (QED) is 0.639. The number of carbonyl (C=O) groups excluding carboxylic acids is 1. The average Bonchev–Trinajstić information content (AvgIpc) is 2.52. The topological polar surface area (TPSA) is 85.8 Å². The Morgan fingerprint density at radius 1 is 1.71 bits per heavy atom. The molecule has 0 spiro atoms. The molecule has 0 atom stereocenters. The lowest BCUT2D eigenvalue weighted by Gasteiger charge is -2.02. The molecule has 0 bridgehead atoms. The highest BCUT2D eigenvalue weighted by Gasteiger charge is 2.03. The van der Waals surface area contributed by atoms with E-state index in [0.717, 1.165) is 12.8 Å². The summed E-state index contributed by atoms with van der Waals surface area (Å²) in [5, 5.41) is 10.4. The Labute approximate surface area is 82.5 Å². The summed E-state index contributed by atoms with van der Waals surface area (Å²) >= 11 is 0. The Bertz CT molecular complexity index is 296. The maximum Gasteiger partial charge on any atom is 0.243 e. The van der Waals surface area contributed by atoms with Gasteiger partial charge < -0.3 is 11.1 Å². The summed E-state index contributed by atoms with van der Waals surface area (Å²) < 4.78 is 0. The Kier molecular flexibility index (Phi) is 3.90. The second-order valence-electron chi connectivity index (χ2n) is 3.00. The lowest BCUT2D eigenvalue weighted by atomic mass is 10.3. The predicted octanol–water partition coefficient (Wildman–Crippen LogP) is -0.223. The van der Waals surface area contributed by atoms with Crippen LogP contribution in [0.3, 0.4) is 0 Å². The Balaban J connectivity index is 2.27. The Morgan fingerprint density at radius 2 is 2.50 bits per heavy atom. The minimum absolute atomic E-state index is 0.0888. The molecule has 14 heavy (non-hydrogen) atoms. The summed E-state index contributed by atoms with van der Waals surface area (Å²) in [7, 11) is 0. The summed E-state index contributed by atoms with van der Waals surface area (Å²) in [6.45, 7) is 2.90. The fourth-order valence-electron chi connectivity index (χ4n) is 0.976. The molecule has 6 heteroatoms. The summed E-state index contributed by atoms with van der Waals surface area (Å²) in [5.74, 6) is 0.236. The van der Waals surface area contributed by atoms with Gasteiger partial charge in [-0.1, -0.05) is 13.3 Å². The van der Waals surface area contributed by atoms with Crippen LogP contribution in [0.5, 0.6) is 0 Å². The van der Waals surface area contributed by atoms with E-state index in [4.69, 9.17) is 5.73 Å². The van der Waals surface area contributed by atoms with Crippen molar-refractivity contribution in [1.29, 1.82) is 0 Å². The summed E-state index contributed by atoms with van der Waals surface area (Å²) in [4.78, 5) is 12.5. The number of anilines is 1. The predicted molar refractivity (Wildman–Crippen MR) is 52.4 cm³/mol. The van der Waals surface area contributed by atoms with Gasteiger partial charge in [0.15, 0.2) is 5.82 Å². The minimum Gasteiger partial charge on any atom is -0.381 e. The second kappa shape index (κ2) is 5.21. The highest BCUT2D eigenvalue weighted by atomic mass is 16.2. The fourth-order valence-corrected chi connectivity index (χ4v) is 0.976. The molecule has 0 fully saturated rings. The molecule has 0 saturated heterocycles. The van der Waals surface area contributed by atoms with E-state index >= 15 is 0 Å². The van der Waals surface area contributed by atoms with Gasteiger partial charge in [-0.3, -0.25) is 4.79 Å². The lowest BCUT2D eigenvalue weighted by Crippen LogP contribution is -2.29. The SMILES string of the molecule is CCCCNC(=O)Cn1ncc(N)n1. The van der Waals surface area contributed by atoms with Crippen molar-refractivity contribution in [3.63, 3.8) is 0 Å². The normalized spacial score (nSPS) is 10.1. The molecule has 6 nitrogen and oxygen atoms in total. The van der Waals surface area contributed by atoms with Crippen LogP contribution in [-0.4, -0.2) is 27.4 Å². The van der Waals surface area contributed by atoms with Gasteiger partial charge in [-0.25, -0.2) is 0 Å². The van der Waals surface area contributed by atoms with Gasteiger partial charge in [-0.05, 0) is 6.42 Å². The number of amides is 1. The fraction of sp³-hybridized carbons (Fsp3) is 0.625. The first-order valence-electron chi connectivity index (χ1n) is 4.64. The van der Waals surface area contributed by atoms with Crippen LogP contribution in [0.4, 0.5) is 5.82 Å². The number of hydrogen-bond acceptors (Lipinski definition) is 4. The first kappa shape index (κ1) is 10.5. The number of hydrogen-bond donors (Lipinski definition) is 2. The minimum atomic E-state index is -0.0888. The molecule has 1 rings (SSSR count). The third kappa shape index (κ3) is 3.42. The van der Waals surface area contributed by atoms with Gasteiger partial charge >= 0.3 is 0 Å². The summed E-state index contributed by atoms with van der Waals surface area (Å²) in [6, 6.07) is 0. The van der Waals surface area contributed by atoms with Crippen molar-refractivity contribution in [2.75, 3.05) is 12.3 Å². The number of nitrogen functional groups attached to an aromatic ring is 1. The summed E-state index contributed by atoms with van der Waals surface area (Å²) in [6.07, 6.45) is 3.47. The van der Waals surface area contributed by atoms with Gasteiger partial charge in [-0.2, -0.15) is 9.90 Å². The van der Waals surface area contributed by atoms with E-state index in [2.05, 4.69) is 22.4 Å². The van der Waals surface area contributed by atoms with Crippen molar-refractivity contribution in [3.8, 4) is 0 Å². The van der Waals surface area contributed by atoms with Crippen LogP contribution in [0, 0.1) is 0 Å². The van der Waals surface area contributed by atoms with E-state index in [9.17, 15) is 4.79 Å². The van der Waals surface area contributed by atoms with Gasteiger partial charge in [0, 0.05) is 6.54 Å². The molecule has 0 unspecified atom stereocenters. The average molecular weight is 197 g/mol. The van der Waals surface area contributed by atoms with Crippen molar-refractivity contribution in [1.82, 2.24) is 20.3 Å². The zero-order valence-corrected chi connectivity index (χ0v) is 8.23. The van der Waals surface area contributed by atoms with Gasteiger partial charge in [-0.15, -0.1) is 5.10 Å². The van der Waals surface area contributed by atoms with E-state index in [-0.39, 0.29) is 12.5 Å². The van der Waals surface area contributed by atoms with Crippen LogP contribution >= 0.6 is 0 Å². The molecule has 1 amide bonds. The van der Waals surface area contributed by atoms with Crippen molar-refractivity contribution < 1.29 is 4.79 Å². The van der Waals surface area contributed by atoms with Crippen molar-refractivity contribution >= 4 is 11.7 Å². The number of aromatic nitrogens is 3. The smallest absolute Gasteiger partial charge is 0.243 e. The number of nitrogens with one attached hydrogen (secondary N) is 1. The van der Waals surface area contributed by atoms with E-state index in [1.165, 1.54) is 11.0 Å². The molecule has 0 aliphatic heterocycles. The van der Waals surface area contributed by atoms with Gasteiger partial charge in [0.2, 0.25) is 5.91 Å². The van der Waals surface area contributed by atoms with Crippen LogP contribution in [-0.2, 0) is 11.3 Å². The van der Waals surface area contributed by atoms with Gasteiger partial charge in [0.05, 0.1) is 6.20 Å². The molecule has 3 N–H and O–H groups in total. The largest absolute Gasteiger partial charge is 0.381 e. The first-order chi connectivity index (χ1) is 6.72. The van der Waals surface area contributed by atoms with E-state index in [1.807, 2.05) is 0 Å². The first-order valence-corrected chi connectivity index (χ1v) is 4.64. The third-order valence-electron chi connectivity index (χ3n) is 1.69. The van der Waals surface area contributed by atoms with Crippen molar-refractivity contribution in [2.24, 2.45) is 0 Å². The lowest BCUT2D eigenvalue weighted by molar-refractivity contribution is -0.122. The molecule has 1 aromatic rings. The summed E-state index contributed by atoms with van der Waals surface area (Å²) in [5.41, 5.74) is 5.35. The van der Waals surface area contributed by atoms with E-state index < -0.39 is 0 Å². The van der Waals surface area contributed by atoms with Crippen molar-refractivity contribution in [2.45, 2.75) is 26.3 Å². The standard InChI is InChI=1S/C8H15N5O/c1-2-3-4-10-8(14)6-13-11-5-7(9)12-13/h5H,2-4,6H2,1H3,(H2,9,12)(H,10,14). The number of carbonyl (C=O) groups is 1. The Hall–Kier alpha value is -1.59. The number of nitrogens with zero attached hydrogens (tertiary/aromatic N) is 3. The molecule has 78 valence electrons. The molecular weight excluding hydrogens is 182 g/mol. The highest BCUT2D eigenvalue weighted by molar-refractivity contribution is 5.75. The van der Waals surface area contributed by atoms with Crippen LogP contribution in [0.25, 0.3) is 0 Å². The number of rotatable bonds is 5. The number of nitrogens with two attached hydrogens (primary N) is 1. The Morgan fingerprint density at radius 3 is 3.07 bits per heavy atom. The monoisotopic (exact) mass is 197 g/mol. The van der Waals surface area contributed by atoms with Crippen LogP contribution in [0.15, 0.2) is 6.20 Å². The zero-order chi connectivity index (χ0) is 10.4. The van der Waals surface area contributed by atoms with Gasteiger partial charge in [0.1, 0.15) is 6.54 Å². The van der Waals surface area contributed by atoms with E-state index in [0.29, 0.717) is 12.4 Å². The molecule has 0 saturated carbocycles. The second-order valence-corrected chi connectivity index (χ2v) is 3.00. The molecule has 1 heterocycles. The van der Waals surface area contributed by atoms with E-state index in [1.54, 1.807) is 0 Å². The maximum absolute atomic E-state index is 11.2. The molecular formula is C8H15N5O. The molecule has 0 aromatic carbocycles. The maximum atomic E-state index is 11.2. The highest BCUT2D eigenvalue weighted by Crippen LogP contribution is 1.90.